The van der Waals surface area contributed by atoms with E-state index in [1.165, 1.54) is 6.07 Å². The quantitative estimate of drug-likeness (QED) is 0.743. The van der Waals surface area contributed by atoms with Crippen LogP contribution in [0.2, 0.25) is 0 Å². The summed E-state index contributed by atoms with van der Waals surface area (Å²) in [6, 6.07) is 9.99. The van der Waals surface area contributed by atoms with Crippen LogP contribution in [-0.4, -0.2) is 11.0 Å². The Morgan fingerprint density at radius 2 is 2.00 bits per heavy atom. The maximum Gasteiger partial charge on any atom is 0.259 e. The molecule has 0 aromatic heterocycles. The van der Waals surface area contributed by atoms with Crippen molar-refractivity contribution >= 4 is 33.2 Å². The summed E-state index contributed by atoms with van der Waals surface area (Å²) in [5.41, 5.74) is 7.91. The Morgan fingerprint density at radius 3 is 2.74 bits per heavy atom. The summed E-state index contributed by atoms with van der Waals surface area (Å²) in [5, 5.41) is 12.4. The number of nitrogens with one attached hydrogen (secondary N) is 1. The molecule has 1 amide bonds. The van der Waals surface area contributed by atoms with Gasteiger partial charge in [-0.05, 0) is 53.2 Å². The van der Waals surface area contributed by atoms with Gasteiger partial charge < -0.3 is 16.2 Å². The Hall–Kier alpha value is -2.01. The van der Waals surface area contributed by atoms with E-state index in [2.05, 4.69) is 21.2 Å². The number of amides is 1. The number of nitrogen functional groups attached to an aromatic ring is 1. The van der Waals surface area contributed by atoms with Gasteiger partial charge in [-0.15, -0.1) is 0 Å². The van der Waals surface area contributed by atoms with Gasteiger partial charge in [0, 0.05) is 10.2 Å². The van der Waals surface area contributed by atoms with Gasteiger partial charge in [0.15, 0.2) is 0 Å². The zero-order valence-electron chi connectivity index (χ0n) is 10.3. The van der Waals surface area contributed by atoms with Gasteiger partial charge in [-0.2, -0.15) is 0 Å². The number of phenolic OH excluding ortho intramolecular Hbond substituents is 1. The van der Waals surface area contributed by atoms with Crippen molar-refractivity contribution in [2.75, 3.05) is 11.1 Å². The van der Waals surface area contributed by atoms with Gasteiger partial charge in [-0.1, -0.05) is 11.6 Å². The molecule has 2 aromatic rings. The standard InChI is InChI=1S/C14H13BrN2O2/c1-8-2-5-13(18)10(6-8)14(19)17-12-7-9(16)3-4-11(12)15/h2-7,18H,16H2,1H3,(H,17,19). The van der Waals surface area contributed by atoms with E-state index in [-0.39, 0.29) is 17.2 Å². The first-order chi connectivity index (χ1) is 8.97. The van der Waals surface area contributed by atoms with E-state index in [9.17, 15) is 9.90 Å². The molecule has 0 aliphatic rings. The Bertz CT molecular complexity index is 641. The third kappa shape index (κ3) is 3.06. The third-order valence-corrected chi connectivity index (χ3v) is 3.33. The fourth-order valence-electron chi connectivity index (χ4n) is 1.66. The summed E-state index contributed by atoms with van der Waals surface area (Å²) < 4.78 is 0.724. The fraction of sp³-hybridized carbons (Fsp3) is 0.0714. The van der Waals surface area contributed by atoms with Crippen LogP contribution in [0.5, 0.6) is 5.75 Å². The molecular formula is C14H13BrN2O2. The van der Waals surface area contributed by atoms with Crippen molar-refractivity contribution in [3.63, 3.8) is 0 Å². The first-order valence-electron chi connectivity index (χ1n) is 5.63. The highest BCUT2D eigenvalue weighted by Gasteiger charge is 2.13. The van der Waals surface area contributed by atoms with Crippen molar-refractivity contribution in [3.05, 3.63) is 52.0 Å². The van der Waals surface area contributed by atoms with Gasteiger partial charge in [-0.25, -0.2) is 0 Å². The topological polar surface area (TPSA) is 75.3 Å². The monoisotopic (exact) mass is 320 g/mol. The molecule has 5 heteroatoms. The van der Waals surface area contributed by atoms with Crippen molar-refractivity contribution in [1.29, 1.82) is 0 Å². The molecule has 0 saturated carbocycles. The third-order valence-electron chi connectivity index (χ3n) is 2.64. The number of hydrogen-bond donors (Lipinski definition) is 3. The van der Waals surface area contributed by atoms with Crippen LogP contribution in [0.15, 0.2) is 40.9 Å². The van der Waals surface area contributed by atoms with Crippen molar-refractivity contribution in [2.24, 2.45) is 0 Å². The normalized spacial score (nSPS) is 10.2. The van der Waals surface area contributed by atoms with Crippen LogP contribution in [0.3, 0.4) is 0 Å². The molecule has 2 rings (SSSR count). The number of carbonyl (C=O) groups is 1. The molecule has 98 valence electrons. The van der Waals surface area contributed by atoms with Gasteiger partial charge in [-0.3, -0.25) is 4.79 Å². The molecule has 0 fully saturated rings. The number of halogens is 1. The second-order valence-electron chi connectivity index (χ2n) is 4.21. The molecule has 0 unspecified atom stereocenters. The minimum atomic E-state index is -0.382. The molecule has 0 heterocycles. The minimum absolute atomic E-state index is 0.0527. The van der Waals surface area contributed by atoms with Crippen LogP contribution in [-0.2, 0) is 0 Å². The molecule has 0 spiro atoms. The molecule has 4 nitrogen and oxygen atoms in total. The van der Waals surface area contributed by atoms with E-state index >= 15 is 0 Å². The summed E-state index contributed by atoms with van der Waals surface area (Å²) in [4.78, 5) is 12.1. The number of aryl methyl sites for hydroxylation is 1. The van der Waals surface area contributed by atoms with E-state index < -0.39 is 0 Å². The van der Waals surface area contributed by atoms with Crippen molar-refractivity contribution < 1.29 is 9.90 Å². The van der Waals surface area contributed by atoms with E-state index in [1.54, 1.807) is 30.3 Å². The summed E-state index contributed by atoms with van der Waals surface area (Å²) in [6.45, 7) is 1.85. The van der Waals surface area contributed by atoms with Crippen LogP contribution in [0, 0.1) is 6.92 Å². The van der Waals surface area contributed by atoms with Crippen molar-refractivity contribution in [2.45, 2.75) is 6.92 Å². The summed E-state index contributed by atoms with van der Waals surface area (Å²) >= 11 is 3.33. The van der Waals surface area contributed by atoms with Gasteiger partial charge >= 0.3 is 0 Å². The maximum atomic E-state index is 12.1. The lowest BCUT2D eigenvalue weighted by Crippen LogP contribution is -2.13. The molecule has 2 aromatic carbocycles. The predicted octanol–water partition coefficient (Wildman–Crippen LogP) is 3.30. The van der Waals surface area contributed by atoms with Gasteiger partial charge in [0.2, 0.25) is 0 Å². The second-order valence-corrected chi connectivity index (χ2v) is 5.07. The number of anilines is 2. The lowest BCUT2D eigenvalue weighted by molar-refractivity contribution is 0.102. The highest BCUT2D eigenvalue weighted by Crippen LogP contribution is 2.26. The molecule has 0 radical (unpaired) electrons. The van der Waals surface area contributed by atoms with E-state index in [0.29, 0.717) is 11.4 Å². The van der Waals surface area contributed by atoms with Crippen LogP contribution in [0.1, 0.15) is 15.9 Å². The second kappa shape index (κ2) is 5.32. The molecule has 0 aliphatic heterocycles. The molecular weight excluding hydrogens is 308 g/mol. The van der Waals surface area contributed by atoms with Gasteiger partial charge in [0.1, 0.15) is 5.75 Å². The minimum Gasteiger partial charge on any atom is -0.507 e. The molecule has 0 atom stereocenters. The molecule has 0 bridgehead atoms. The van der Waals surface area contributed by atoms with Crippen LogP contribution >= 0.6 is 15.9 Å². The Kier molecular flexibility index (Phi) is 3.76. The van der Waals surface area contributed by atoms with Crippen LogP contribution in [0.25, 0.3) is 0 Å². The maximum absolute atomic E-state index is 12.1. The number of hydrogen-bond acceptors (Lipinski definition) is 3. The molecule has 0 aliphatic carbocycles. The number of nitrogens with two attached hydrogens (primary N) is 1. The van der Waals surface area contributed by atoms with Crippen LogP contribution in [0.4, 0.5) is 11.4 Å². The summed E-state index contributed by atoms with van der Waals surface area (Å²) in [7, 11) is 0. The Balaban J connectivity index is 2.30. The highest BCUT2D eigenvalue weighted by atomic mass is 79.9. The number of benzene rings is 2. The number of phenols is 1. The summed E-state index contributed by atoms with van der Waals surface area (Å²) in [5.74, 6) is -0.435. The lowest BCUT2D eigenvalue weighted by Gasteiger charge is -2.10. The zero-order chi connectivity index (χ0) is 14.0. The fourth-order valence-corrected chi connectivity index (χ4v) is 2.01. The number of aromatic hydroxyl groups is 1. The smallest absolute Gasteiger partial charge is 0.259 e. The largest absolute Gasteiger partial charge is 0.507 e. The average Bonchev–Trinajstić information content (AvgIpc) is 2.36. The van der Waals surface area contributed by atoms with Crippen molar-refractivity contribution in [1.82, 2.24) is 0 Å². The van der Waals surface area contributed by atoms with E-state index in [4.69, 9.17) is 5.73 Å². The number of rotatable bonds is 2. The number of carbonyl (C=O) groups excluding carboxylic acids is 1. The molecule has 19 heavy (non-hydrogen) atoms. The predicted molar refractivity (Wildman–Crippen MR) is 79.4 cm³/mol. The highest BCUT2D eigenvalue weighted by molar-refractivity contribution is 9.10. The van der Waals surface area contributed by atoms with E-state index in [0.717, 1.165) is 10.0 Å². The molecule has 0 saturated heterocycles. The Morgan fingerprint density at radius 1 is 1.26 bits per heavy atom. The van der Waals surface area contributed by atoms with Gasteiger partial charge in [0.25, 0.3) is 5.91 Å². The SMILES string of the molecule is Cc1ccc(O)c(C(=O)Nc2cc(N)ccc2Br)c1. The average molecular weight is 321 g/mol. The first-order valence-corrected chi connectivity index (χ1v) is 6.42. The summed E-state index contributed by atoms with van der Waals surface area (Å²) in [6.07, 6.45) is 0. The van der Waals surface area contributed by atoms with Gasteiger partial charge in [0.05, 0.1) is 11.3 Å². The van der Waals surface area contributed by atoms with Crippen molar-refractivity contribution in [3.8, 4) is 5.75 Å². The lowest BCUT2D eigenvalue weighted by atomic mass is 10.1. The van der Waals surface area contributed by atoms with Crippen LogP contribution < -0.4 is 11.1 Å². The molecule has 4 N–H and O–H groups in total. The zero-order valence-corrected chi connectivity index (χ0v) is 11.9. The Labute approximate surface area is 119 Å². The van der Waals surface area contributed by atoms with E-state index in [1.807, 2.05) is 6.92 Å². The first kappa shape index (κ1) is 13.4.